The maximum absolute atomic E-state index is 5.39. The summed E-state index contributed by atoms with van der Waals surface area (Å²) in [4.78, 5) is 0. The fourth-order valence-electron chi connectivity index (χ4n) is 2.52. The molecule has 2 rings (SSSR count). The maximum atomic E-state index is 5.39. The number of methoxy groups -OCH3 is 1. The third kappa shape index (κ3) is 4.51. The Morgan fingerprint density at radius 2 is 1.79 bits per heavy atom. The van der Waals surface area contributed by atoms with E-state index < -0.39 is 0 Å². The third-order valence-electron chi connectivity index (χ3n) is 3.63. The van der Waals surface area contributed by atoms with Crippen molar-refractivity contribution in [3.05, 3.63) is 28.8 Å². The molecule has 0 unspecified atom stereocenters. The lowest BCUT2D eigenvalue weighted by Gasteiger charge is -2.12. The quantitative estimate of drug-likeness (QED) is 0.705. The van der Waals surface area contributed by atoms with E-state index in [9.17, 15) is 0 Å². The first-order valence-electron chi connectivity index (χ1n) is 7.29. The Bertz CT molecular complexity index is 390. The molecule has 1 aromatic rings. The van der Waals surface area contributed by atoms with Crippen molar-refractivity contribution >= 4 is 0 Å². The summed E-state index contributed by atoms with van der Waals surface area (Å²) in [6.45, 7) is 7.41. The molecule has 1 aliphatic carbocycles. The molecule has 1 aliphatic rings. The highest BCUT2D eigenvalue weighted by molar-refractivity contribution is 5.43. The zero-order chi connectivity index (χ0) is 13.7. The van der Waals surface area contributed by atoms with E-state index in [4.69, 9.17) is 4.74 Å². The minimum Gasteiger partial charge on any atom is -0.496 e. The largest absolute Gasteiger partial charge is 0.496 e. The van der Waals surface area contributed by atoms with Crippen LogP contribution in [0.5, 0.6) is 5.75 Å². The van der Waals surface area contributed by atoms with Gasteiger partial charge in [0.1, 0.15) is 5.75 Å². The number of hydrogen-bond donors (Lipinski definition) is 2. The lowest BCUT2D eigenvalue weighted by Crippen LogP contribution is -2.29. The molecule has 0 heterocycles. The number of nitrogens with one attached hydrogen (secondary N) is 2. The van der Waals surface area contributed by atoms with Gasteiger partial charge in [-0.25, -0.2) is 0 Å². The predicted molar refractivity (Wildman–Crippen MR) is 80.1 cm³/mol. The van der Waals surface area contributed by atoms with Crippen molar-refractivity contribution in [2.45, 2.75) is 39.2 Å². The smallest absolute Gasteiger partial charge is 0.124 e. The van der Waals surface area contributed by atoms with Crippen molar-refractivity contribution < 1.29 is 4.74 Å². The first kappa shape index (κ1) is 14.4. The number of aryl methyl sites for hydroxylation is 2. The first-order valence-corrected chi connectivity index (χ1v) is 7.29. The van der Waals surface area contributed by atoms with Crippen molar-refractivity contribution in [3.63, 3.8) is 0 Å². The van der Waals surface area contributed by atoms with Gasteiger partial charge in [0.2, 0.25) is 0 Å². The zero-order valence-electron chi connectivity index (χ0n) is 12.4. The highest BCUT2D eigenvalue weighted by atomic mass is 16.5. The molecular weight excluding hydrogens is 236 g/mol. The predicted octanol–water partition coefficient (Wildman–Crippen LogP) is 2.20. The van der Waals surface area contributed by atoms with Gasteiger partial charge in [0.15, 0.2) is 0 Å². The molecule has 2 N–H and O–H groups in total. The number of ether oxygens (including phenoxy) is 1. The van der Waals surface area contributed by atoms with Gasteiger partial charge in [-0.15, -0.1) is 0 Å². The summed E-state index contributed by atoms with van der Waals surface area (Å²) in [5.74, 6) is 1.02. The van der Waals surface area contributed by atoms with Crippen LogP contribution in [0.1, 0.15) is 29.5 Å². The fourth-order valence-corrected chi connectivity index (χ4v) is 2.52. The molecule has 3 heteroatoms. The van der Waals surface area contributed by atoms with Crippen LogP contribution < -0.4 is 15.4 Å². The second-order valence-corrected chi connectivity index (χ2v) is 5.49. The molecule has 0 radical (unpaired) electrons. The maximum Gasteiger partial charge on any atom is 0.124 e. The Balaban J connectivity index is 1.69. The van der Waals surface area contributed by atoms with Crippen LogP contribution in [0, 0.1) is 13.8 Å². The standard InChI is InChI=1S/C16H26N2O/c1-12-10-14(11-13(2)16(12)19-3)6-7-17-8-9-18-15-4-5-15/h10-11,15,17-18H,4-9H2,1-3H3. The summed E-state index contributed by atoms with van der Waals surface area (Å²) in [5, 5.41) is 7.00. The van der Waals surface area contributed by atoms with Crippen LogP contribution in [0.15, 0.2) is 12.1 Å². The second kappa shape index (κ2) is 6.92. The van der Waals surface area contributed by atoms with E-state index in [1.807, 2.05) is 0 Å². The SMILES string of the molecule is COc1c(C)cc(CCNCCNC2CC2)cc1C. The molecule has 0 aromatic heterocycles. The molecule has 0 aliphatic heterocycles. The number of benzene rings is 1. The van der Waals surface area contributed by atoms with Crippen LogP contribution in [0.3, 0.4) is 0 Å². The van der Waals surface area contributed by atoms with Gasteiger partial charge in [-0.3, -0.25) is 0 Å². The van der Waals surface area contributed by atoms with Crippen molar-refractivity contribution in [2.24, 2.45) is 0 Å². The highest BCUT2D eigenvalue weighted by Gasteiger charge is 2.19. The molecule has 0 saturated heterocycles. The first-order chi connectivity index (χ1) is 9.20. The van der Waals surface area contributed by atoms with Crippen LogP contribution in [0.2, 0.25) is 0 Å². The summed E-state index contributed by atoms with van der Waals surface area (Å²) in [6, 6.07) is 5.28. The van der Waals surface area contributed by atoms with E-state index in [2.05, 4.69) is 36.6 Å². The molecule has 3 nitrogen and oxygen atoms in total. The van der Waals surface area contributed by atoms with Gasteiger partial charge >= 0.3 is 0 Å². The lowest BCUT2D eigenvalue weighted by molar-refractivity contribution is 0.408. The van der Waals surface area contributed by atoms with E-state index in [0.29, 0.717) is 0 Å². The Kier molecular flexibility index (Phi) is 5.23. The van der Waals surface area contributed by atoms with E-state index in [1.54, 1.807) is 7.11 Å². The monoisotopic (exact) mass is 262 g/mol. The normalized spacial score (nSPS) is 14.7. The molecule has 1 saturated carbocycles. The van der Waals surface area contributed by atoms with Crippen molar-refractivity contribution in [1.82, 2.24) is 10.6 Å². The molecule has 1 fully saturated rings. The van der Waals surface area contributed by atoms with E-state index in [-0.39, 0.29) is 0 Å². The summed E-state index contributed by atoms with van der Waals surface area (Å²) in [6.07, 6.45) is 3.81. The molecule has 106 valence electrons. The van der Waals surface area contributed by atoms with Crippen molar-refractivity contribution in [3.8, 4) is 5.75 Å². The van der Waals surface area contributed by atoms with Gasteiger partial charge in [0, 0.05) is 19.1 Å². The molecule has 1 aromatic carbocycles. The minimum absolute atomic E-state index is 0.814. The summed E-state index contributed by atoms with van der Waals surface area (Å²) < 4.78 is 5.39. The Morgan fingerprint density at radius 3 is 2.37 bits per heavy atom. The van der Waals surface area contributed by atoms with Gasteiger partial charge < -0.3 is 15.4 Å². The third-order valence-corrected chi connectivity index (χ3v) is 3.63. The number of rotatable bonds is 8. The summed E-state index contributed by atoms with van der Waals surface area (Å²) >= 11 is 0. The van der Waals surface area contributed by atoms with Gasteiger partial charge in [-0.05, 0) is 56.3 Å². The van der Waals surface area contributed by atoms with Crippen LogP contribution in [0.4, 0.5) is 0 Å². The van der Waals surface area contributed by atoms with Crippen molar-refractivity contribution in [2.75, 3.05) is 26.7 Å². The topological polar surface area (TPSA) is 33.3 Å². The van der Waals surface area contributed by atoms with Gasteiger partial charge in [-0.2, -0.15) is 0 Å². The van der Waals surface area contributed by atoms with Crippen molar-refractivity contribution in [1.29, 1.82) is 0 Å². The Morgan fingerprint density at radius 1 is 1.11 bits per heavy atom. The van der Waals surface area contributed by atoms with E-state index in [1.165, 1.54) is 29.5 Å². The van der Waals surface area contributed by atoms with Crippen LogP contribution in [-0.4, -0.2) is 32.8 Å². The average molecular weight is 262 g/mol. The molecule has 0 amide bonds. The van der Waals surface area contributed by atoms with E-state index >= 15 is 0 Å². The summed E-state index contributed by atoms with van der Waals surface area (Å²) in [7, 11) is 1.74. The van der Waals surface area contributed by atoms with E-state index in [0.717, 1.165) is 37.8 Å². The number of hydrogen-bond acceptors (Lipinski definition) is 3. The Labute approximate surface area is 116 Å². The molecule has 19 heavy (non-hydrogen) atoms. The fraction of sp³-hybridized carbons (Fsp3) is 0.625. The van der Waals surface area contributed by atoms with Crippen LogP contribution in [-0.2, 0) is 6.42 Å². The van der Waals surface area contributed by atoms with Crippen LogP contribution >= 0.6 is 0 Å². The Hall–Kier alpha value is -1.06. The summed E-state index contributed by atoms with van der Waals surface area (Å²) in [5.41, 5.74) is 3.85. The molecular formula is C16H26N2O. The van der Waals surface area contributed by atoms with Crippen LogP contribution in [0.25, 0.3) is 0 Å². The molecule has 0 atom stereocenters. The highest BCUT2D eigenvalue weighted by Crippen LogP contribution is 2.24. The lowest BCUT2D eigenvalue weighted by atomic mass is 10.0. The zero-order valence-corrected chi connectivity index (χ0v) is 12.4. The average Bonchev–Trinajstić information content (AvgIpc) is 3.17. The van der Waals surface area contributed by atoms with Gasteiger partial charge in [0.25, 0.3) is 0 Å². The van der Waals surface area contributed by atoms with Gasteiger partial charge in [-0.1, -0.05) is 12.1 Å². The molecule has 0 spiro atoms. The van der Waals surface area contributed by atoms with Gasteiger partial charge in [0.05, 0.1) is 7.11 Å². The second-order valence-electron chi connectivity index (χ2n) is 5.49. The molecule has 0 bridgehead atoms. The minimum atomic E-state index is 0.814.